The second-order valence-corrected chi connectivity index (χ2v) is 6.63. The molecule has 0 unspecified atom stereocenters. The smallest absolute Gasteiger partial charge is 0.333 e. The number of hydrogen-bond acceptors (Lipinski definition) is 5. The van der Waals surface area contributed by atoms with Crippen molar-refractivity contribution >= 4 is 11.9 Å². The van der Waals surface area contributed by atoms with Gasteiger partial charge in [0.25, 0.3) is 0 Å². The molecule has 136 valence electrons. The third kappa shape index (κ3) is 4.80. The van der Waals surface area contributed by atoms with Crippen molar-refractivity contribution in [3.05, 3.63) is 11.6 Å². The molecule has 0 bridgehead atoms. The first kappa shape index (κ1) is 18.9. The van der Waals surface area contributed by atoms with Crippen molar-refractivity contribution in [1.29, 1.82) is 0 Å². The van der Waals surface area contributed by atoms with Crippen LogP contribution in [0.25, 0.3) is 0 Å². The van der Waals surface area contributed by atoms with Crippen LogP contribution in [0.4, 0.5) is 0 Å². The lowest BCUT2D eigenvalue weighted by Gasteiger charge is -2.36. The largest absolute Gasteiger partial charge is 0.463 e. The van der Waals surface area contributed by atoms with Gasteiger partial charge in [-0.1, -0.05) is 13.8 Å². The Morgan fingerprint density at radius 2 is 1.96 bits per heavy atom. The highest BCUT2D eigenvalue weighted by Gasteiger charge is 2.39. The maximum absolute atomic E-state index is 12.2. The van der Waals surface area contributed by atoms with Crippen LogP contribution in [-0.2, 0) is 19.1 Å². The third-order valence-electron chi connectivity index (χ3n) is 4.69. The van der Waals surface area contributed by atoms with Crippen LogP contribution in [0.15, 0.2) is 11.6 Å². The molecule has 1 fully saturated rings. The van der Waals surface area contributed by atoms with E-state index in [2.05, 4.69) is 19.2 Å². The number of esters is 1. The number of carbonyl (C=O) groups excluding carboxylic acids is 2. The lowest BCUT2D eigenvalue weighted by Crippen LogP contribution is -2.57. The lowest BCUT2D eigenvalue weighted by molar-refractivity contribution is -0.139. The first-order valence-corrected chi connectivity index (χ1v) is 9.09. The minimum Gasteiger partial charge on any atom is -0.463 e. The summed E-state index contributed by atoms with van der Waals surface area (Å²) in [6.45, 7) is 6.22. The Hall–Kier alpha value is -1.40. The minimum atomic E-state index is -0.402. The molecule has 2 aliphatic carbocycles. The molecule has 0 aromatic heterocycles. The van der Waals surface area contributed by atoms with Crippen LogP contribution in [0.3, 0.4) is 0 Å². The van der Waals surface area contributed by atoms with Crippen LogP contribution in [-0.4, -0.2) is 42.8 Å². The Morgan fingerprint density at radius 3 is 2.50 bits per heavy atom. The summed E-state index contributed by atoms with van der Waals surface area (Å²) in [5.41, 5.74) is 6.82. The zero-order valence-corrected chi connectivity index (χ0v) is 14.9. The fourth-order valence-electron chi connectivity index (χ4n) is 3.01. The van der Waals surface area contributed by atoms with E-state index in [1.165, 1.54) is 0 Å². The summed E-state index contributed by atoms with van der Waals surface area (Å²) in [6, 6.07) is -0.673. The number of carbonyl (C=O) groups is 2. The third-order valence-corrected chi connectivity index (χ3v) is 4.69. The van der Waals surface area contributed by atoms with E-state index in [4.69, 9.17) is 15.2 Å². The normalized spacial score (nSPS) is 26.9. The van der Waals surface area contributed by atoms with Gasteiger partial charge < -0.3 is 20.5 Å². The summed E-state index contributed by atoms with van der Waals surface area (Å²) in [7, 11) is 0. The van der Waals surface area contributed by atoms with Gasteiger partial charge in [-0.15, -0.1) is 0 Å². The van der Waals surface area contributed by atoms with Gasteiger partial charge in [-0.3, -0.25) is 4.79 Å². The van der Waals surface area contributed by atoms with E-state index in [1.54, 1.807) is 13.0 Å². The van der Waals surface area contributed by atoms with Gasteiger partial charge in [-0.25, -0.2) is 4.79 Å². The fraction of sp³-hybridized carbons (Fsp3) is 0.778. The number of nitrogens with two attached hydrogens (primary N) is 1. The van der Waals surface area contributed by atoms with E-state index in [1.807, 2.05) is 0 Å². The van der Waals surface area contributed by atoms with Crippen molar-refractivity contribution in [3.63, 3.8) is 0 Å². The van der Waals surface area contributed by atoms with Crippen LogP contribution < -0.4 is 11.1 Å². The summed E-state index contributed by atoms with van der Waals surface area (Å²) in [6.07, 6.45) is 5.46. The number of amides is 1. The molecule has 6 heteroatoms. The van der Waals surface area contributed by atoms with Crippen LogP contribution >= 0.6 is 0 Å². The maximum atomic E-state index is 12.2. The van der Waals surface area contributed by atoms with Gasteiger partial charge in [0.15, 0.2) is 0 Å². The number of nitrogens with one attached hydrogen (secondary N) is 1. The number of rotatable bonds is 8. The van der Waals surface area contributed by atoms with Crippen LogP contribution in [0, 0.1) is 5.92 Å². The predicted molar refractivity (Wildman–Crippen MR) is 91.2 cm³/mol. The second kappa shape index (κ2) is 8.62. The van der Waals surface area contributed by atoms with Crippen molar-refractivity contribution in [3.8, 4) is 0 Å². The summed E-state index contributed by atoms with van der Waals surface area (Å²) >= 11 is 0. The molecule has 2 aliphatic rings. The van der Waals surface area contributed by atoms with Crippen molar-refractivity contribution in [1.82, 2.24) is 5.32 Å². The standard InChI is InChI=1S/C18H30N2O4/c1-4-13(5-2)24-15-10-12(18(22)23-6-3)9-14(19)16(15)20-17(21)11-7-8-11/h10-11,13-16H,4-9,19H2,1-3H3,(H,20,21)/t14-,15+,16+/m0/s1. The first-order chi connectivity index (χ1) is 11.5. The highest BCUT2D eigenvalue weighted by Crippen LogP contribution is 2.30. The van der Waals surface area contributed by atoms with E-state index >= 15 is 0 Å². The molecule has 0 heterocycles. The van der Waals surface area contributed by atoms with Gasteiger partial charge in [-0.05, 0) is 45.1 Å². The van der Waals surface area contributed by atoms with Gasteiger partial charge in [0, 0.05) is 17.5 Å². The number of ether oxygens (including phenoxy) is 2. The van der Waals surface area contributed by atoms with Gasteiger partial charge >= 0.3 is 5.97 Å². The van der Waals surface area contributed by atoms with E-state index in [0.717, 1.165) is 25.7 Å². The number of hydrogen-bond donors (Lipinski definition) is 2. The predicted octanol–water partition coefficient (Wildman–Crippen LogP) is 1.68. The van der Waals surface area contributed by atoms with Gasteiger partial charge in [0.1, 0.15) is 0 Å². The zero-order chi connectivity index (χ0) is 17.7. The highest BCUT2D eigenvalue weighted by atomic mass is 16.5. The molecule has 0 saturated heterocycles. The molecular formula is C18H30N2O4. The Balaban J connectivity index is 2.16. The lowest BCUT2D eigenvalue weighted by atomic mass is 9.88. The Labute approximate surface area is 144 Å². The fourth-order valence-corrected chi connectivity index (χ4v) is 3.01. The van der Waals surface area contributed by atoms with E-state index in [0.29, 0.717) is 18.6 Å². The maximum Gasteiger partial charge on any atom is 0.333 e. The van der Waals surface area contributed by atoms with Crippen LogP contribution in [0.2, 0.25) is 0 Å². The summed E-state index contributed by atoms with van der Waals surface area (Å²) < 4.78 is 11.2. The zero-order valence-electron chi connectivity index (χ0n) is 14.9. The molecule has 6 nitrogen and oxygen atoms in total. The van der Waals surface area contributed by atoms with Crippen molar-refractivity contribution in [2.75, 3.05) is 6.61 Å². The molecule has 1 saturated carbocycles. The van der Waals surface area contributed by atoms with Crippen molar-refractivity contribution in [2.45, 2.75) is 77.2 Å². The summed E-state index contributed by atoms with van der Waals surface area (Å²) in [5.74, 6) is -0.193. The Morgan fingerprint density at radius 1 is 1.29 bits per heavy atom. The molecular weight excluding hydrogens is 308 g/mol. The van der Waals surface area contributed by atoms with E-state index in [-0.39, 0.29) is 36.0 Å². The van der Waals surface area contributed by atoms with Crippen LogP contribution in [0.1, 0.15) is 52.9 Å². The highest BCUT2D eigenvalue weighted by molar-refractivity contribution is 5.89. The monoisotopic (exact) mass is 338 g/mol. The van der Waals surface area contributed by atoms with Gasteiger partial charge in [0.05, 0.1) is 24.9 Å². The first-order valence-electron chi connectivity index (χ1n) is 9.09. The molecule has 1 amide bonds. The summed E-state index contributed by atoms with van der Waals surface area (Å²) in [5, 5.41) is 3.04. The molecule has 3 N–H and O–H groups in total. The second-order valence-electron chi connectivity index (χ2n) is 6.63. The SMILES string of the molecule is CCOC(=O)C1=C[C@@H](OC(CC)CC)[C@H](NC(=O)C2CC2)[C@@H](N)C1. The average Bonchev–Trinajstić information content (AvgIpc) is 3.40. The molecule has 0 spiro atoms. The molecule has 2 rings (SSSR count). The Kier molecular flexibility index (Phi) is 6.80. The molecule has 24 heavy (non-hydrogen) atoms. The average molecular weight is 338 g/mol. The van der Waals surface area contributed by atoms with Crippen molar-refractivity contribution in [2.24, 2.45) is 11.7 Å². The Bertz CT molecular complexity index is 483. The molecule has 0 aromatic carbocycles. The van der Waals surface area contributed by atoms with Crippen LogP contribution in [0.5, 0.6) is 0 Å². The molecule has 0 aliphatic heterocycles. The quantitative estimate of drug-likeness (QED) is 0.657. The van der Waals surface area contributed by atoms with Gasteiger partial charge in [0.2, 0.25) is 5.91 Å². The van der Waals surface area contributed by atoms with E-state index < -0.39 is 6.10 Å². The molecule has 0 radical (unpaired) electrons. The van der Waals surface area contributed by atoms with E-state index in [9.17, 15) is 9.59 Å². The molecule has 3 atom stereocenters. The van der Waals surface area contributed by atoms with Crippen molar-refractivity contribution < 1.29 is 19.1 Å². The molecule has 0 aromatic rings. The minimum absolute atomic E-state index is 0.0431. The summed E-state index contributed by atoms with van der Waals surface area (Å²) in [4.78, 5) is 24.2. The topological polar surface area (TPSA) is 90.6 Å². The van der Waals surface area contributed by atoms with Gasteiger partial charge in [-0.2, -0.15) is 0 Å².